The van der Waals surface area contributed by atoms with E-state index >= 15 is 0 Å². The van der Waals surface area contributed by atoms with Gasteiger partial charge in [0, 0.05) is 37.8 Å². The van der Waals surface area contributed by atoms with Crippen LogP contribution in [0.3, 0.4) is 0 Å². The number of aryl methyl sites for hydroxylation is 1. The summed E-state index contributed by atoms with van der Waals surface area (Å²) in [6, 6.07) is 5.77. The van der Waals surface area contributed by atoms with Gasteiger partial charge >= 0.3 is 0 Å². The Hall–Kier alpha value is -2.47. The number of aromatic nitrogens is 1. The Bertz CT molecular complexity index is 742. The van der Waals surface area contributed by atoms with E-state index in [4.69, 9.17) is 18.7 Å². The zero-order valence-electron chi connectivity index (χ0n) is 15.2. The van der Waals surface area contributed by atoms with Crippen LogP contribution in [0.2, 0.25) is 0 Å². The Morgan fingerprint density at radius 2 is 1.80 bits per heavy atom. The van der Waals surface area contributed by atoms with E-state index in [1.807, 2.05) is 25.1 Å². The van der Waals surface area contributed by atoms with E-state index < -0.39 is 0 Å². The zero-order valence-corrected chi connectivity index (χ0v) is 15.2. The second-order valence-electron chi connectivity index (χ2n) is 6.05. The average Bonchev–Trinajstić information content (AvgIpc) is 3.06. The van der Waals surface area contributed by atoms with Gasteiger partial charge in [-0.05, 0) is 18.9 Å². The summed E-state index contributed by atoms with van der Waals surface area (Å²) >= 11 is 0. The summed E-state index contributed by atoms with van der Waals surface area (Å²) in [6.07, 6.45) is 3.14. The minimum Gasteiger partial charge on any atom is -0.496 e. The van der Waals surface area contributed by atoms with Gasteiger partial charge in [-0.2, -0.15) is 0 Å². The van der Waals surface area contributed by atoms with E-state index in [2.05, 4.69) is 16.1 Å². The predicted octanol–water partition coefficient (Wildman–Crippen LogP) is 3.30. The van der Waals surface area contributed by atoms with Gasteiger partial charge in [0.2, 0.25) is 0 Å². The standard InChI is InChI=1S/C19H24N2O4/c1-13-9-15(20-25-13)12-21-7-5-14(6-8-21)19-17(23-3)10-16(22-2)11-18(19)24-4/h5,9-11H,6-8,12H2,1-4H3. The Kier molecular flexibility index (Phi) is 5.28. The first kappa shape index (κ1) is 17.4. The maximum Gasteiger partial charge on any atom is 0.133 e. The van der Waals surface area contributed by atoms with Crippen molar-refractivity contribution >= 4 is 5.57 Å². The highest BCUT2D eigenvalue weighted by Crippen LogP contribution is 2.40. The van der Waals surface area contributed by atoms with Crippen LogP contribution in [0.1, 0.15) is 23.4 Å². The van der Waals surface area contributed by atoms with Crippen LogP contribution in [0.15, 0.2) is 28.8 Å². The average molecular weight is 344 g/mol. The van der Waals surface area contributed by atoms with Gasteiger partial charge in [-0.15, -0.1) is 0 Å². The molecule has 1 aromatic carbocycles. The highest BCUT2D eigenvalue weighted by molar-refractivity contribution is 5.77. The second-order valence-corrected chi connectivity index (χ2v) is 6.05. The van der Waals surface area contributed by atoms with Gasteiger partial charge in [0.05, 0.1) is 32.6 Å². The quantitative estimate of drug-likeness (QED) is 0.801. The predicted molar refractivity (Wildman–Crippen MR) is 95.2 cm³/mol. The normalized spacial score (nSPS) is 15.0. The summed E-state index contributed by atoms with van der Waals surface area (Å²) in [5.74, 6) is 3.10. The maximum absolute atomic E-state index is 5.57. The van der Waals surface area contributed by atoms with Gasteiger partial charge in [0.1, 0.15) is 23.0 Å². The first-order chi connectivity index (χ1) is 12.1. The number of rotatable bonds is 6. The number of hydrogen-bond donors (Lipinski definition) is 0. The molecule has 0 aliphatic carbocycles. The lowest BCUT2D eigenvalue weighted by Gasteiger charge is -2.27. The van der Waals surface area contributed by atoms with Crippen molar-refractivity contribution < 1.29 is 18.7 Å². The zero-order chi connectivity index (χ0) is 17.8. The molecule has 0 spiro atoms. The molecule has 25 heavy (non-hydrogen) atoms. The molecule has 134 valence electrons. The molecule has 2 heterocycles. The molecular weight excluding hydrogens is 320 g/mol. The van der Waals surface area contributed by atoms with Gasteiger partial charge in [-0.25, -0.2) is 0 Å². The van der Waals surface area contributed by atoms with Crippen LogP contribution >= 0.6 is 0 Å². The van der Waals surface area contributed by atoms with Crippen molar-refractivity contribution in [3.8, 4) is 17.2 Å². The Morgan fingerprint density at radius 3 is 2.28 bits per heavy atom. The number of ether oxygens (including phenoxy) is 3. The van der Waals surface area contributed by atoms with Gasteiger partial charge in [-0.1, -0.05) is 11.2 Å². The molecule has 0 bridgehead atoms. The summed E-state index contributed by atoms with van der Waals surface area (Å²) in [6.45, 7) is 4.49. The summed E-state index contributed by atoms with van der Waals surface area (Å²) in [5, 5.41) is 4.07. The van der Waals surface area contributed by atoms with Crippen molar-refractivity contribution in [2.24, 2.45) is 0 Å². The molecule has 0 N–H and O–H groups in total. The van der Waals surface area contributed by atoms with Gasteiger partial charge < -0.3 is 18.7 Å². The molecule has 1 aliphatic heterocycles. The maximum atomic E-state index is 5.57. The number of methoxy groups -OCH3 is 3. The van der Waals surface area contributed by atoms with Crippen molar-refractivity contribution in [3.63, 3.8) is 0 Å². The van der Waals surface area contributed by atoms with E-state index in [0.717, 1.165) is 60.3 Å². The van der Waals surface area contributed by atoms with Gasteiger partial charge in [-0.3, -0.25) is 4.90 Å². The molecule has 6 nitrogen and oxygen atoms in total. The molecule has 0 fully saturated rings. The summed E-state index contributed by atoms with van der Waals surface area (Å²) < 4.78 is 21.6. The molecule has 2 aromatic rings. The van der Waals surface area contributed by atoms with E-state index in [9.17, 15) is 0 Å². The van der Waals surface area contributed by atoms with Crippen LogP contribution in [0.5, 0.6) is 17.2 Å². The van der Waals surface area contributed by atoms with Crippen LogP contribution in [0.25, 0.3) is 5.57 Å². The molecule has 0 saturated heterocycles. The molecule has 0 amide bonds. The molecular formula is C19H24N2O4. The van der Waals surface area contributed by atoms with Crippen molar-refractivity contribution in [3.05, 3.63) is 41.3 Å². The lowest BCUT2D eigenvalue weighted by atomic mass is 9.97. The highest BCUT2D eigenvalue weighted by atomic mass is 16.5. The lowest BCUT2D eigenvalue weighted by molar-refractivity contribution is 0.280. The second kappa shape index (κ2) is 7.61. The monoisotopic (exact) mass is 344 g/mol. The number of nitrogens with zero attached hydrogens (tertiary/aromatic N) is 2. The van der Waals surface area contributed by atoms with Gasteiger partial charge in [0.15, 0.2) is 0 Å². The molecule has 3 rings (SSSR count). The van der Waals surface area contributed by atoms with E-state index in [0.29, 0.717) is 0 Å². The Labute approximate surface area is 148 Å². The smallest absolute Gasteiger partial charge is 0.133 e. The Balaban J connectivity index is 1.81. The molecule has 1 aromatic heterocycles. The van der Waals surface area contributed by atoms with E-state index in [1.54, 1.807) is 21.3 Å². The third-order valence-electron chi connectivity index (χ3n) is 4.39. The van der Waals surface area contributed by atoms with Crippen LogP contribution in [0.4, 0.5) is 0 Å². The largest absolute Gasteiger partial charge is 0.496 e. The topological polar surface area (TPSA) is 57.0 Å². The Morgan fingerprint density at radius 1 is 1.08 bits per heavy atom. The lowest BCUT2D eigenvalue weighted by Crippen LogP contribution is -2.28. The third-order valence-corrected chi connectivity index (χ3v) is 4.39. The fraction of sp³-hybridized carbons (Fsp3) is 0.421. The van der Waals surface area contributed by atoms with Crippen molar-refractivity contribution in [1.82, 2.24) is 10.1 Å². The minimum atomic E-state index is 0.719. The molecule has 0 saturated carbocycles. The van der Waals surface area contributed by atoms with Crippen LogP contribution < -0.4 is 14.2 Å². The molecule has 0 radical (unpaired) electrons. The van der Waals surface area contributed by atoms with Crippen molar-refractivity contribution in [2.75, 3.05) is 34.4 Å². The van der Waals surface area contributed by atoms with E-state index in [1.165, 1.54) is 5.57 Å². The van der Waals surface area contributed by atoms with Crippen LogP contribution in [-0.4, -0.2) is 44.5 Å². The summed E-state index contributed by atoms with van der Waals surface area (Å²) in [5.41, 5.74) is 3.20. The summed E-state index contributed by atoms with van der Waals surface area (Å²) in [7, 11) is 4.97. The SMILES string of the molecule is COc1cc(OC)c(C2=CCN(Cc3cc(C)on3)CC2)c(OC)c1. The summed E-state index contributed by atoms with van der Waals surface area (Å²) in [4.78, 5) is 2.34. The van der Waals surface area contributed by atoms with Gasteiger partial charge in [0.25, 0.3) is 0 Å². The fourth-order valence-electron chi connectivity index (χ4n) is 3.13. The molecule has 6 heteroatoms. The van der Waals surface area contributed by atoms with Crippen molar-refractivity contribution in [2.45, 2.75) is 19.9 Å². The van der Waals surface area contributed by atoms with E-state index in [-0.39, 0.29) is 0 Å². The van der Waals surface area contributed by atoms with Crippen LogP contribution in [-0.2, 0) is 6.54 Å². The molecule has 1 aliphatic rings. The van der Waals surface area contributed by atoms with Crippen molar-refractivity contribution in [1.29, 1.82) is 0 Å². The fourth-order valence-corrected chi connectivity index (χ4v) is 3.13. The number of benzene rings is 1. The minimum absolute atomic E-state index is 0.719. The first-order valence-electron chi connectivity index (χ1n) is 8.28. The number of hydrogen-bond acceptors (Lipinski definition) is 6. The molecule has 0 atom stereocenters. The molecule has 0 unspecified atom stereocenters. The first-order valence-corrected chi connectivity index (χ1v) is 8.28. The highest BCUT2D eigenvalue weighted by Gasteiger charge is 2.21. The van der Waals surface area contributed by atoms with Crippen LogP contribution in [0, 0.1) is 6.92 Å². The third kappa shape index (κ3) is 3.79.